The molecule has 0 spiro atoms. The van der Waals surface area contributed by atoms with E-state index in [1.807, 2.05) is 0 Å². The number of nitrogens with one attached hydrogen (secondary N) is 2. The van der Waals surface area contributed by atoms with E-state index in [0.717, 1.165) is 43.5 Å². The van der Waals surface area contributed by atoms with Crippen molar-refractivity contribution in [3.8, 4) is 0 Å². The first-order valence-electron chi connectivity index (χ1n) is 16.6. The Balaban J connectivity index is 2.34. The Hall–Kier alpha value is -0.540. The van der Waals surface area contributed by atoms with Crippen molar-refractivity contribution in [1.29, 1.82) is 0 Å². The van der Waals surface area contributed by atoms with Crippen LogP contribution in [0.15, 0.2) is 0 Å². The van der Waals surface area contributed by atoms with Crippen molar-refractivity contribution in [3.63, 3.8) is 0 Å². The number of amides is 2. The van der Waals surface area contributed by atoms with Gasteiger partial charge in [-0.05, 0) is 73.4 Å². The molecule has 0 bridgehead atoms. The summed E-state index contributed by atoms with van der Waals surface area (Å²) in [4.78, 5) is 12.2. The van der Waals surface area contributed by atoms with Crippen LogP contribution in [0.3, 0.4) is 0 Å². The molecule has 8 heteroatoms. The topological polar surface area (TPSA) is 78.1 Å². The fourth-order valence-corrected chi connectivity index (χ4v) is 5.71. The summed E-state index contributed by atoms with van der Waals surface area (Å²) in [6, 6.07) is 0.0824. The molecule has 1 saturated carbocycles. The minimum absolute atomic E-state index is 0.0901. The first kappa shape index (κ1) is 39.5. The van der Waals surface area contributed by atoms with Gasteiger partial charge in [-0.25, -0.2) is 4.79 Å². The van der Waals surface area contributed by atoms with E-state index in [4.69, 9.17) is 18.9 Å². The summed E-state index contributed by atoms with van der Waals surface area (Å²) in [5.41, 5.74) is 0.398. The molecule has 250 valence electrons. The van der Waals surface area contributed by atoms with Gasteiger partial charge in [-0.15, -0.1) is 11.8 Å². The molecule has 0 aromatic heterocycles. The first-order valence-corrected chi connectivity index (χ1v) is 17.7. The Morgan fingerprint density at radius 2 is 1.60 bits per heavy atom. The van der Waals surface area contributed by atoms with E-state index >= 15 is 0 Å². The van der Waals surface area contributed by atoms with Crippen LogP contribution < -0.4 is 10.6 Å². The van der Waals surface area contributed by atoms with Crippen LogP contribution in [0.25, 0.3) is 0 Å². The summed E-state index contributed by atoms with van der Waals surface area (Å²) >= 11 is 1.72. The van der Waals surface area contributed by atoms with Crippen LogP contribution in [0, 0.1) is 34.5 Å². The van der Waals surface area contributed by atoms with E-state index in [2.05, 4.69) is 72.9 Å². The maximum absolute atomic E-state index is 12.2. The summed E-state index contributed by atoms with van der Waals surface area (Å²) in [6.45, 7) is 23.9. The van der Waals surface area contributed by atoms with Gasteiger partial charge in [0.2, 0.25) is 0 Å². The second kappa shape index (κ2) is 21.2. The Morgan fingerprint density at radius 3 is 2.19 bits per heavy atom. The number of urea groups is 1. The third kappa shape index (κ3) is 22.0. The molecule has 2 amide bonds. The molecule has 7 nitrogen and oxygen atoms in total. The standard InChI is InChI=1S/C34H68N2O5S/c1-26(19-29-12-13-29)18-27(2)20-39-23-31(24-40-22-30(21-38-10)34(7,8)9)41-16-11-17-42-25-35-32(37)36-28(3)14-15-33(4,5)6/h26-31H,11-25H2,1-10H3,(H2,35,36,37). The van der Waals surface area contributed by atoms with E-state index < -0.39 is 0 Å². The van der Waals surface area contributed by atoms with Crippen molar-refractivity contribution < 1.29 is 23.7 Å². The van der Waals surface area contributed by atoms with Crippen LogP contribution >= 0.6 is 11.8 Å². The predicted octanol–water partition coefficient (Wildman–Crippen LogP) is 7.77. The number of rotatable bonds is 24. The lowest BCUT2D eigenvalue weighted by Crippen LogP contribution is -2.40. The maximum Gasteiger partial charge on any atom is 0.315 e. The molecule has 0 heterocycles. The number of ether oxygens (including phenoxy) is 4. The zero-order valence-electron chi connectivity index (χ0n) is 29.0. The average molecular weight is 617 g/mol. The van der Waals surface area contributed by atoms with Crippen LogP contribution in [-0.2, 0) is 18.9 Å². The highest BCUT2D eigenvalue weighted by Crippen LogP contribution is 2.36. The highest BCUT2D eigenvalue weighted by molar-refractivity contribution is 7.99. The molecule has 1 aliphatic carbocycles. The Morgan fingerprint density at radius 1 is 0.929 bits per heavy atom. The van der Waals surface area contributed by atoms with Crippen molar-refractivity contribution in [3.05, 3.63) is 0 Å². The number of hydrogen-bond acceptors (Lipinski definition) is 6. The molecule has 1 aliphatic rings. The molecule has 0 aromatic rings. The van der Waals surface area contributed by atoms with Crippen molar-refractivity contribution in [1.82, 2.24) is 10.6 Å². The molecule has 1 rings (SSSR count). The number of methoxy groups -OCH3 is 1. The number of hydrogen-bond donors (Lipinski definition) is 2. The molecule has 2 N–H and O–H groups in total. The largest absolute Gasteiger partial charge is 0.384 e. The van der Waals surface area contributed by atoms with Gasteiger partial charge in [0.15, 0.2) is 0 Å². The molecule has 0 aromatic carbocycles. The van der Waals surface area contributed by atoms with Gasteiger partial charge in [-0.2, -0.15) is 0 Å². The summed E-state index contributed by atoms with van der Waals surface area (Å²) < 4.78 is 24.0. The van der Waals surface area contributed by atoms with Gasteiger partial charge in [-0.1, -0.05) is 68.2 Å². The zero-order valence-corrected chi connectivity index (χ0v) is 29.8. The average Bonchev–Trinajstić information content (AvgIpc) is 3.68. The van der Waals surface area contributed by atoms with Gasteiger partial charge >= 0.3 is 6.03 Å². The molecule has 42 heavy (non-hydrogen) atoms. The summed E-state index contributed by atoms with van der Waals surface area (Å²) in [5, 5.41) is 6.00. The van der Waals surface area contributed by atoms with E-state index in [9.17, 15) is 4.79 Å². The normalized spacial score (nSPS) is 17.9. The Kier molecular flexibility index (Phi) is 20.0. The van der Waals surface area contributed by atoms with Crippen LogP contribution in [0.5, 0.6) is 0 Å². The number of thioether (sulfide) groups is 1. The van der Waals surface area contributed by atoms with Gasteiger partial charge in [0.1, 0.15) is 6.10 Å². The van der Waals surface area contributed by atoms with Crippen LogP contribution in [-0.4, -0.2) is 76.6 Å². The monoisotopic (exact) mass is 616 g/mol. The minimum Gasteiger partial charge on any atom is -0.384 e. The summed E-state index contributed by atoms with van der Waals surface area (Å²) in [5.74, 6) is 4.14. The highest BCUT2D eigenvalue weighted by Gasteiger charge is 2.26. The molecule has 5 atom stereocenters. The van der Waals surface area contributed by atoms with Gasteiger partial charge in [0.25, 0.3) is 0 Å². The molecule has 5 unspecified atom stereocenters. The van der Waals surface area contributed by atoms with Gasteiger partial charge in [-0.3, -0.25) is 0 Å². The summed E-state index contributed by atoms with van der Waals surface area (Å²) in [7, 11) is 1.75. The molecule has 0 aliphatic heterocycles. The van der Waals surface area contributed by atoms with Crippen LogP contribution in [0.2, 0.25) is 0 Å². The maximum atomic E-state index is 12.2. The number of carbonyl (C=O) groups is 1. The van der Waals surface area contributed by atoms with Crippen molar-refractivity contribution >= 4 is 17.8 Å². The second-order valence-corrected chi connectivity index (χ2v) is 16.4. The van der Waals surface area contributed by atoms with E-state index in [-0.39, 0.29) is 29.0 Å². The Bertz CT molecular complexity index is 692. The fraction of sp³-hybridized carbons (Fsp3) is 0.971. The third-order valence-corrected chi connectivity index (χ3v) is 8.91. The third-order valence-electron chi connectivity index (χ3n) is 7.99. The smallest absolute Gasteiger partial charge is 0.315 e. The molecule has 0 radical (unpaired) electrons. The van der Waals surface area contributed by atoms with Crippen LogP contribution in [0.1, 0.15) is 107 Å². The molecule has 1 fully saturated rings. The van der Waals surface area contributed by atoms with Gasteiger partial charge in [0, 0.05) is 32.3 Å². The van der Waals surface area contributed by atoms with E-state index in [1.165, 1.54) is 25.7 Å². The van der Waals surface area contributed by atoms with E-state index in [0.29, 0.717) is 50.7 Å². The zero-order chi connectivity index (χ0) is 31.6. The first-order chi connectivity index (χ1) is 19.7. The quantitative estimate of drug-likeness (QED) is 0.0852. The van der Waals surface area contributed by atoms with Gasteiger partial charge < -0.3 is 29.6 Å². The molecular weight excluding hydrogens is 548 g/mol. The lowest BCUT2D eigenvalue weighted by Gasteiger charge is -2.30. The predicted molar refractivity (Wildman–Crippen MR) is 178 cm³/mol. The second-order valence-electron chi connectivity index (χ2n) is 15.3. The lowest BCUT2D eigenvalue weighted by atomic mass is 9.82. The molecule has 0 saturated heterocycles. The number of carbonyl (C=O) groups excluding carboxylic acids is 1. The van der Waals surface area contributed by atoms with E-state index in [1.54, 1.807) is 18.9 Å². The van der Waals surface area contributed by atoms with Crippen molar-refractivity contribution in [2.24, 2.45) is 34.5 Å². The highest BCUT2D eigenvalue weighted by atomic mass is 32.2. The van der Waals surface area contributed by atoms with Gasteiger partial charge in [0.05, 0.1) is 32.3 Å². The SMILES string of the molecule is COCC(COCC(COCC(C)CC(C)CC1CC1)OCCCSCNC(=O)NC(C)CCC(C)(C)C)C(C)(C)C. The lowest BCUT2D eigenvalue weighted by molar-refractivity contribution is -0.0784. The van der Waals surface area contributed by atoms with Crippen LogP contribution in [0.4, 0.5) is 4.79 Å². The Labute approximate surface area is 264 Å². The van der Waals surface area contributed by atoms with Crippen molar-refractivity contribution in [2.75, 3.05) is 58.4 Å². The molecular formula is C34H68N2O5S. The summed E-state index contributed by atoms with van der Waals surface area (Å²) in [6.07, 6.45) is 8.34. The fourth-order valence-electron chi connectivity index (χ4n) is 5.01. The minimum atomic E-state index is -0.0901. The van der Waals surface area contributed by atoms with Crippen molar-refractivity contribution in [2.45, 2.75) is 119 Å².